The molecule has 0 aliphatic carbocycles. The highest BCUT2D eigenvalue weighted by Crippen LogP contribution is 2.21. The van der Waals surface area contributed by atoms with E-state index in [0.717, 1.165) is 28.7 Å². The minimum absolute atomic E-state index is 0.0697. The zero-order valence-electron chi connectivity index (χ0n) is 15.6. The number of hydrogen-bond acceptors (Lipinski definition) is 3. The molecule has 5 nitrogen and oxygen atoms in total. The maximum atomic E-state index is 12.9. The molecule has 138 valence electrons. The predicted molar refractivity (Wildman–Crippen MR) is 108 cm³/mol. The standard InChI is InChI=1S/C22H23N3O2/c1-15-8-9-17-13-18(21(26)23-20(17)12-15)14-24-10-11-25(22(27)16(24)2)19-6-4-3-5-7-19/h3-9,12-13,16H,10-11,14H2,1-2H3,(H,23,26)/t16-/m1/s1. The number of aromatic amines is 1. The van der Waals surface area contributed by atoms with Crippen molar-refractivity contribution >= 4 is 22.5 Å². The number of H-pyrrole nitrogens is 1. The van der Waals surface area contributed by atoms with E-state index >= 15 is 0 Å². The summed E-state index contributed by atoms with van der Waals surface area (Å²) < 4.78 is 0. The molecule has 4 rings (SSSR count). The first-order chi connectivity index (χ1) is 13.0. The molecule has 1 amide bonds. The fraction of sp³-hybridized carbons (Fsp3) is 0.273. The van der Waals surface area contributed by atoms with E-state index in [1.807, 2.05) is 73.3 Å². The first-order valence-electron chi connectivity index (χ1n) is 9.26. The van der Waals surface area contributed by atoms with Gasteiger partial charge in [0.2, 0.25) is 5.91 Å². The number of fused-ring (bicyclic) bond motifs is 1. The van der Waals surface area contributed by atoms with Crippen LogP contribution >= 0.6 is 0 Å². The summed E-state index contributed by atoms with van der Waals surface area (Å²) in [7, 11) is 0. The molecule has 1 fully saturated rings. The fourth-order valence-electron chi connectivity index (χ4n) is 3.69. The molecule has 1 aliphatic heterocycles. The van der Waals surface area contributed by atoms with Gasteiger partial charge in [-0.1, -0.05) is 30.3 Å². The van der Waals surface area contributed by atoms with Gasteiger partial charge in [-0.2, -0.15) is 0 Å². The zero-order chi connectivity index (χ0) is 19.0. The molecule has 1 aliphatic rings. The number of nitrogens with zero attached hydrogens (tertiary/aromatic N) is 2. The van der Waals surface area contributed by atoms with Gasteiger partial charge in [-0.25, -0.2) is 0 Å². The number of aromatic nitrogens is 1. The van der Waals surface area contributed by atoms with Gasteiger partial charge in [-0.15, -0.1) is 0 Å². The molecule has 2 heterocycles. The Labute approximate surface area is 158 Å². The fourth-order valence-corrected chi connectivity index (χ4v) is 3.69. The highest BCUT2D eigenvalue weighted by atomic mass is 16.2. The molecule has 27 heavy (non-hydrogen) atoms. The van der Waals surface area contributed by atoms with Crippen LogP contribution in [0.3, 0.4) is 0 Å². The molecule has 0 spiro atoms. The van der Waals surface area contributed by atoms with Crippen molar-refractivity contribution in [3.8, 4) is 0 Å². The molecule has 1 N–H and O–H groups in total. The summed E-state index contributed by atoms with van der Waals surface area (Å²) >= 11 is 0. The smallest absolute Gasteiger partial charge is 0.252 e. The van der Waals surface area contributed by atoms with Crippen molar-refractivity contribution in [2.75, 3.05) is 18.0 Å². The summed E-state index contributed by atoms with van der Waals surface area (Å²) in [4.78, 5) is 32.2. The largest absolute Gasteiger partial charge is 0.322 e. The van der Waals surface area contributed by atoms with Crippen molar-refractivity contribution < 1.29 is 4.79 Å². The lowest BCUT2D eigenvalue weighted by molar-refractivity contribution is -0.125. The highest BCUT2D eigenvalue weighted by molar-refractivity contribution is 5.97. The van der Waals surface area contributed by atoms with E-state index in [-0.39, 0.29) is 17.5 Å². The number of anilines is 1. The van der Waals surface area contributed by atoms with E-state index in [9.17, 15) is 9.59 Å². The van der Waals surface area contributed by atoms with Crippen molar-refractivity contribution in [1.29, 1.82) is 0 Å². The topological polar surface area (TPSA) is 56.4 Å². The van der Waals surface area contributed by atoms with Crippen LogP contribution in [0.4, 0.5) is 5.69 Å². The second-order valence-electron chi connectivity index (χ2n) is 7.19. The number of amides is 1. The number of carbonyl (C=O) groups excluding carboxylic acids is 1. The Bertz CT molecular complexity index is 1040. The number of nitrogens with one attached hydrogen (secondary N) is 1. The normalized spacial score (nSPS) is 18.2. The van der Waals surface area contributed by atoms with Gasteiger partial charge in [0.25, 0.3) is 5.56 Å². The molecule has 0 unspecified atom stereocenters. The Morgan fingerprint density at radius 3 is 2.59 bits per heavy atom. The lowest BCUT2D eigenvalue weighted by Crippen LogP contribution is -2.55. The van der Waals surface area contributed by atoms with Gasteiger partial charge in [0, 0.05) is 36.4 Å². The number of rotatable bonds is 3. The first-order valence-corrected chi connectivity index (χ1v) is 9.26. The molecule has 2 aromatic carbocycles. The highest BCUT2D eigenvalue weighted by Gasteiger charge is 2.32. The van der Waals surface area contributed by atoms with E-state index in [0.29, 0.717) is 18.7 Å². The number of benzene rings is 2. The van der Waals surface area contributed by atoms with E-state index < -0.39 is 0 Å². The summed E-state index contributed by atoms with van der Waals surface area (Å²) in [5, 5.41) is 1.01. The lowest BCUT2D eigenvalue weighted by Gasteiger charge is -2.39. The SMILES string of the molecule is Cc1ccc2cc(CN3CCN(c4ccccc4)C(=O)[C@H]3C)c(=O)[nH]c2c1. The molecule has 1 aromatic heterocycles. The Hall–Kier alpha value is -2.92. The zero-order valence-corrected chi connectivity index (χ0v) is 15.6. The van der Waals surface area contributed by atoms with Gasteiger partial charge in [-0.3, -0.25) is 14.5 Å². The minimum atomic E-state index is -0.271. The Kier molecular flexibility index (Phi) is 4.54. The van der Waals surface area contributed by atoms with Crippen molar-refractivity contribution in [2.24, 2.45) is 0 Å². The summed E-state index contributed by atoms with van der Waals surface area (Å²) in [6.45, 7) is 5.74. The van der Waals surface area contributed by atoms with Crippen LogP contribution in [0.25, 0.3) is 10.9 Å². The molecular weight excluding hydrogens is 338 g/mol. The van der Waals surface area contributed by atoms with E-state index in [4.69, 9.17) is 0 Å². The van der Waals surface area contributed by atoms with Crippen LogP contribution in [0.5, 0.6) is 0 Å². The van der Waals surface area contributed by atoms with Gasteiger partial charge in [-0.05, 0) is 49.1 Å². The third-order valence-corrected chi connectivity index (χ3v) is 5.30. The maximum Gasteiger partial charge on any atom is 0.252 e. The second-order valence-corrected chi connectivity index (χ2v) is 7.19. The molecular formula is C22H23N3O2. The van der Waals surface area contributed by atoms with Crippen LogP contribution in [0.1, 0.15) is 18.1 Å². The monoisotopic (exact) mass is 361 g/mol. The number of carbonyl (C=O) groups is 1. The van der Waals surface area contributed by atoms with Gasteiger partial charge in [0.15, 0.2) is 0 Å². The Balaban J connectivity index is 1.56. The summed E-state index contributed by atoms with van der Waals surface area (Å²) in [5.74, 6) is 0.0697. The van der Waals surface area contributed by atoms with Gasteiger partial charge in [0.1, 0.15) is 0 Å². The molecule has 3 aromatic rings. The van der Waals surface area contributed by atoms with Crippen LogP contribution < -0.4 is 10.5 Å². The van der Waals surface area contributed by atoms with E-state index in [1.165, 1.54) is 0 Å². The minimum Gasteiger partial charge on any atom is -0.322 e. The van der Waals surface area contributed by atoms with Crippen molar-refractivity contribution in [3.63, 3.8) is 0 Å². The lowest BCUT2D eigenvalue weighted by atomic mass is 10.1. The van der Waals surface area contributed by atoms with Crippen LogP contribution in [0, 0.1) is 6.92 Å². The van der Waals surface area contributed by atoms with Gasteiger partial charge >= 0.3 is 0 Å². The van der Waals surface area contributed by atoms with Crippen LogP contribution in [-0.4, -0.2) is 34.9 Å². The third-order valence-electron chi connectivity index (χ3n) is 5.30. The molecule has 0 radical (unpaired) electrons. The maximum absolute atomic E-state index is 12.9. The van der Waals surface area contributed by atoms with Crippen molar-refractivity contribution in [3.05, 3.63) is 76.1 Å². The average molecular weight is 361 g/mol. The quantitative estimate of drug-likeness (QED) is 0.780. The third kappa shape index (κ3) is 3.38. The molecule has 0 bridgehead atoms. The van der Waals surface area contributed by atoms with E-state index in [1.54, 1.807) is 0 Å². The number of hydrogen-bond donors (Lipinski definition) is 1. The van der Waals surface area contributed by atoms with Crippen LogP contribution in [0.15, 0.2) is 59.4 Å². The predicted octanol–water partition coefficient (Wildman–Crippen LogP) is 3.07. The molecule has 5 heteroatoms. The van der Waals surface area contributed by atoms with Crippen LogP contribution in [0.2, 0.25) is 0 Å². The van der Waals surface area contributed by atoms with Crippen LogP contribution in [-0.2, 0) is 11.3 Å². The van der Waals surface area contributed by atoms with Crippen molar-refractivity contribution in [1.82, 2.24) is 9.88 Å². The summed E-state index contributed by atoms with van der Waals surface area (Å²) in [6, 6.07) is 17.4. The number of pyridine rings is 1. The number of piperazine rings is 1. The molecule has 1 atom stereocenters. The number of para-hydroxylation sites is 1. The Morgan fingerprint density at radius 2 is 1.81 bits per heavy atom. The molecule has 1 saturated heterocycles. The van der Waals surface area contributed by atoms with Gasteiger partial charge in [0.05, 0.1) is 6.04 Å². The first kappa shape index (κ1) is 17.5. The molecule has 0 saturated carbocycles. The average Bonchev–Trinajstić information content (AvgIpc) is 2.67. The summed E-state index contributed by atoms with van der Waals surface area (Å²) in [5.41, 5.74) is 3.49. The number of aryl methyl sites for hydroxylation is 1. The Morgan fingerprint density at radius 1 is 1.04 bits per heavy atom. The summed E-state index contributed by atoms with van der Waals surface area (Å²) in [6.07, 6.45) is 0. The van der Waals surface area contributed by atoms with Crippen molar-refractivity contribution in [2.45, 2.75) is 26.4 Å². The van der Waals surface area contributed by atoms with E-state index in [2.05, 4.69) is 9.88 Å². The second kappa shape index (κ2) is 7.00. The van der Waals surface area contributed by atoms with Gasteiger partial charge < -0.3 is 9.88 Å².